The molecule has 1 saturated heterocycles. The second kappa shape index (κ2) is 7.98. The van der Waals surface area contributed by atoms with Crippen LogP contribution in [0.2, 0.25) is 0 Å². The fraction of sp³-hybridized carbons (Fsp3) is 0.520. The molecule has 0 bridgehead atoms. The van der Waals surface area contributed by atoms with E-state index in [9.17, 15) is 5.11 Å². The van der Waals surface area contributed by atoms with Crippen LogP contribution in [0.3, 0.4) is 0 Å². The zero-order chi connectivity index (χ0) is 20.7. The summed E-state index contributed by atoms with van der Waals surface area (Å²) in [6, 6.07) is 13.2. The number of halogens is 1. The number of benzene rings is 2. The Labute approximate surface area is 183 Å². The highest BCUT2D eigenvalue weighted by molar-refractivity contribution is 14.1. The minimum Gasteiger partial charge on any atom is -0.507 e. The van der Waals surface area contributed by atoms with Crippen molar-refractivity contribution < 1.29 is 9.84 Å². The minimum atomic E-state index is -0.132. The molecule has 1 N–H and O–H groups in total. The highest BCUT2D eigenvalue weighted by Gasteiger charge is 2.33. The summed E-state index contributed by atoms with van der Waals surface area (Å²) in [4.78, 5) is 0. The third kappa shape index (κ3) is 4.56. The van der Waals surface area contributed by atoms with Gasteiger partial charge in [0.05, 0.1) is 6.10 Å². The third-order valence-corrected chi connectivity index (χ3v) is 6.39. The summed E-state index contributed by atoms with van der Waals surface area (Å²) < 4.78 is 7.41. The molecule has 0 radical (unpaired) electrons. The molecule has 0 aromatic heterocycles. The Hall–Kier alpha value is -1.07. The summed E-state index contributed by atoms with van der Waals surface area (Å²) in [5.41, 5.74) is 4.31. The van der Waals surface area contributed by atoms with Crippen LogP contribution in [0.5, 0.6) is 5.75 Å². The molecule has 28 heavy (non-hydrogen) atoms. The molecule has 0 aliphatic carbocycles. The first-order chi connectivity index (χ1) is 13.0. The van der Waals surface area contributed by atoms with E-state index in [1.54, 1.807) is 0 Å². The van der Waals surface area contributed by atoms with Crippen molar-refractivity contribution in [2.24, 2.45) is 0 Å². The van der Waals surface area contributed by atoms with Crippen LogP contribution in [0.1, 0.15) is 82.6 Å². The van der Waals surface area contributed by atoms with Crippen LogP contribution in [0.4, 0.5) is 0 Å². The molecular formula is C25H33IO2. The van der Waals surface area contributed by atoms with Gasteiger partial charge < -0.3 is 9.84 Å². The van der Waals surface area contributed by atoms with Crippen molar-refractivity contribution in [3.8, 4) is 5.75 Å². The topological polar surface area (TPSA) is 29.5 Å². The maximum atomic E-state index is 11.1. The Morgan fingerprint density at radius 2 is 1.46 bits per heavy atom. The van der Waals surface area contributed by atoms with Gasteiger partial charge in [-0.1, -0.05) is 65.8 Å². The lowest BCUT2D eigenvalue weighted by Gasteiger charge is -2.31. The number of phenolic OH excluding ortho intramolecular Hbond substituents is 1. The fourth-order valence-corrected chi connectivity index (χ4v) is 4.50. The standard InChI is InChI=1S/C25H33IO2/c1-24(2,3)19-14-17(15-20(23(19)27)25(4,5)6)22(21-8-7-13-28-21)16-9-11-18(26)12-10-16/h9-12,14-15,21-22,27H,7-8,13H2,1-6H3. The zero-order valence-corrected chi connectivity index (χ0v) is 20.1. The molecule has 3 rings (SSSR count). The average Bonchev–Trinajstić information content (AvgIpc) is 3.10. The maximum Gasteiger partial charge on any atom is 0.123 e. The van der Waals surface area contributed by atoms with Crippen LogP contribution in [-0.4, -0.2) is 17.8 Å². The van der Waals surface area contributed by atoms with Crippen LogP contribution in [-0.2, 0) is 15.6 Å². The first-order valence-electron chi connectivity index (χ1n) is 10.2. The van der Waals surface area contributed by atoms with E-state index in [1.165, 1.54) is 14.7 Å². The molecule has 2 aromatic carbocycles. The summed E-state index contributed by atoms with van der Waals surface area (Å²) in [6.45, 7) is 13.9. The summed E-state index contributed by atoms with van der Waals surface area (Å²) >= 11 is 2.35. The van der Waals surface area contributed by atoms with Crippen molar-refractivity contribution >= 4 is 22.6 Å². The number of ether oxygens (including phenoxy) is 1. The number of aromatic hydroxyl groups is 1. The number of hydrogen-bond acceptors (Lipinski definition) is 2. The van der Waals surface area contributed by atoms with E-state index in [0.717, 1.165) is 30.6 Å². The van der Waals surface area contributed by atoms with Crippen LogP contribution in [0.15, 0.2) is 36.4 Å². The molecule has 2 atom stereocenters. The number of rotatable bonds is 3. The summed E-state index contributed by atoms with van der Waals surface area (Å²) in [5.74, 6) is 0.625. The smallest absolute Gasteiger partial charge is 0.123 e. The summed E-state index contributed by atoms with van der Waals surface area (Å²) in [6.07, 6.45) is 2.37. The van der Waals surface area contributed by atoms with Crippen molar-refractivity contribution in [2.45, 2.75) is 77.2 Å². The lowest BCUT2D eigenvalue weighted by Crippen LogP contribution is -2.23. The molecule has 152 valence electrons. The third-order valence-electron chi connectivity index (χ3n) is 5.67. The number of hydrogen-bond donors (Lipinski definition) is 1. The van der Waals surface area contributed by atoms with E-state index in [0.29, 0.717) is 5.75 Å². The Kier molecular flexibility index (Phi) is 6.17. The normalized spacial score (nSPS) is 19.0. The SMILES string of the molecule is CC(C)(C)c1cc(C(c2ccc(I)cc2)C2CCCO2)cc(C(C)(C)C)c1O. The van der Waals surface area contributed by atoms with Gasteiger partial charge in [-0.05, 0) is 80.6 Å². The van der Waals surface area contributed by atoms with Crippen molar-refractivity contribution in [1.29, 1.82) is 0 Å². The highest BCUT2D eigenvalue weighted by atomic mass is 127. The predicted molar refractivity (Wildman–Crippen MR) is 125 cm³/mol. The molecular weight excluding hydrogens is 459 g/mol. The van der Waals surface area contributed by atoms with E-state index >= 15 is 0 Å². The zero-order valence-electron chi connectivity index (χ0n) is 18.0. The van der Waals surface area contributed by atoms with Crippen molar-refractivity contribution in [3.05, 3.63) is 62.2 Å². The van der Waals surface area contributed by atoms with Gasteiger partial charge in [0.25, 0.3) is 0 Å². The lowest BCUT2D eigenvalue weighted by molar-refractivity contribution is 0.0981. The minimum absolute atomic E-state index is 0.132. The van der Waals surface area contributed by atoms with Crippen molar-refractivity contribution in [2.75, 3.05) is 6.61 Å². The monoisotopic (exact) mass is 492 g/mol. The van der Waals surface area contributed by atoms with Gasteiger partial charge in [0, 0.05) is 16.1 Å². The molecule has 2 unspecified atom stereocenters. The van der Waals surface area contributed by atoms with Crippen molar-refractivity contribution in [1.82, 2.24) is 0 Å². The van der Waals surface area contributed by atoms with Gasteiger partial charge in [0.2, 0.25) is 0 Å². The molecule has 1 heterocycles. The van der Waals surface area contributed by atoms with Crippen molar-refractivity contribution in [3.63, 3.8) is 0 Å². The maximum absolute atomic E-state index is 11.1. The quantitative estimate of drug-likeness (QED) is 0.472. The molecule has 2 nitrogen and oxygen atoms in total. The second-order valence-corrected chi connectivity index (χ2v) is 11.3. The molecule has 1 aliphatic heterocycles. The van der Waals surface area contributed by atoms with E-state index in [-0.39, 0.29) is 22.9 Å². The summed E-state index contributed by atoms with van der Waals surface area (Å²) in [5, 5.41) is 11.1. The van der Waals surface area contributed by atoms with Gasteiger partial charge in [-0.15, -0.1) is 0 Å². The molecule has 0 amide bonds. The molecule has 1 fully saturated rings. The molecule has 3 heteroatoms. The van der Waals surface area contributed by atoms with Crippen LogP contribution < -0.4 is 0 Å². The molecule has 0 saturated carbocycles. The Morgan fingerprint density at radius 1 is 0.929 bits per heavy atom. The first-order valence-corrected chi connectivity index (χ1v) is 11.3. The average molecular weight is 492 g/mol. The van der Waals surface area contributed by atoms with Crippen LogP contribution >= 0.6 is 22.6 Å². The molecule has 2 aromatic rings. The molecule has 0 spiro atoms. The van der Waals surface area contributed by atoms with E-state index in [2.05, 4.69) is 101 Å². The van der Waals surface area contributed by atoms with Gasteiger partial charge in [-0.2, -0.15) is 0 Å². The van der Waals surface area contributed by atoms with Gasteiger partial charge in [0.1, 0.15) is 5.75 Å². The Morgan fingerprint density at radius 3 is 1.89 bits per heavy atom. The highest BCUT2D eigenvalue weighted by Crippen LogP contribution is 2.44. The van der Waals surface area contributed by atoms with Gasteiger partial charge in [0.15, 0.2) is 0 Å². The van der Waals surface area contributed by atoms with Gasteiger partial charge >= 0.3 is 0 Å². The van der Waals surface area contributed by atoms with E-state index < -0.39 is 0 Å². The fourth-order valence-electron chi connectivity index (χ4n) is 4.14. The lowest BCUT2D eigenvalue weighted by atomic mass is 9.75. The number of phenols is 1. The largest absolute Gasteiger partial charge is 0.507 e. The van der Waals surface area contributed by atoms with Crippen LogP contribution in [0, 0.1) is 3.57 Å². The van der Waals surface area contributed by atoms with E-state index in [4.69, 9.17) is 4.74 Å². The van der Waals surface area contributed by atoms with E-state index in [1.807, 2.05) is 0 Å². The van der Waals surface area contributed by atoms with Crippen LogP contribution in [0.25, 0.3) is 0 Å². The Bertz CT molecular complexity index is 784. The Balaban J connectivity index is 2.23. The first kappa shape index (κ1) is 21.6. The summed E-state index contributed by atoms with van der Waals surface area (Å²) in [7, 11) is 0. The predicted octanol–water partition coefficient (Wildman–Crippen LogP) is 6.90. The molecule has 1 aliphatic rings. The second-order valence-electron chi connectivity index (χ2n) is 10.0. The van der Waals surface area contributed by atoms with Gasteiger partial charge in [-0.3, -0.25) is 0 Å². The van der Waals surface area contributed by atoms with Gasteiger partial charge in [-0.25, -0.2) is 0 Å².